The van der Waals surface area contributed by atoms with Crippen LogP contribution in [0, 0.1) is 0 Å². The Labute approximate surface area is 108 Å². The fourth-order valence-corrected chi connectivity index (χ4v) is 2.45. The van der Waals surface area contributed by atoms with Crippen LogP contribution in [-0.4, -0.2) is 42.3 Å². The van der Waals surface area contributed by atoms with E-state index in [-0.39, 0.29) is 11.7 Å². The van der Waals surface area contributed by atoms with Gasteiger partial charge in [0.15, 0.2) is 0 Å². The molecule has 17 heavy (non-hydrogen) atoms. The number of halogens is 1. The molecule has 1 aromatic rings. The number of rotatable bonds is 2. The second kappa shape index (κ2) is 5.20. The lowest BCUT2D eigenvalue weighted by atomic mass is 10.2. The normalized spacial score (nSPS) is 21.6. The largest absolute Gasteiger partial charge is 0.398 e. The number of ether oxygens (including phenoxy) is 1. The minimum absolute atomic E-state index is 0.0418. The average Bonchev–Trinajstić information content (AvgIpc) is 2.25. The van der Waals surface area contributed by atoms with Crippen LogP contribution in [0.25, 0.3) is 0 Å². The van der Waals surface area contributed by atoms with E-state index in [0.717, 1.165) is 13.1 Å². The van der Waals surface area contributed by atoms with Crippen LogP contribution in [0.2, 0.25) is 0 Å². The molecule has 2 heterocycles. The number of hydrogen-bond donors (Lipinski definition) is 1. The Balaban J connectivity index is 2.15. The van der Waals surface area contributed by atoms with Crippen molar-refractivity contribution in [3.8, 4) is 0 Å². The van der Waals surface area contributed by atoms with Crippen molar-refractivity contribution >= 4 is 21.6 Å². The zero-order chi connectivity index (χ0) is 12.4. The number of nitrogen functional groups attached to an aromatic ring is 1. The van der Waals surface area contributed by atoms with Gasteiger partial charge in [0.25, 0.3) is 5.56 Å². The first-order chi connectivity index (χ1) is 8.06. The predicted molar refractivity (Wildman–Crippen MR) is 70.1 cm³/mol. The average molecular weight is 302 g/mol. The Morgan fingerprint density at radius 1 is 1.65 bits per heavy atom. The van der Waals surface area contributed by atoms with Crippen LogP contribution in [0.15, 0.2) is 21.5 Å². The standard InChI is InChI=1S/C11H16BrN3O2/c1-14-2-3-17-9(6-14)7-15-5-8(13)4-10(12)11(15)16/h4-5,9H,2-3,6-7,13H2,1H3. The molecular weight excluding hydrogens is 286 g/mol. The number of nitrogens with two attached hydrogens (primary N) is 1. The Bertz CT molecular complexity index is 461. The van der Waals surface area contributed by atoms with Crippen LogP contribution >= 0.6 is 15.9 Å². The monoisotopic (exact) mass is 301 g/mol. The highest BCUT2D eigenvalue weighted by Gasteiger charge is 2.18. The maximum absolute atomic E-state index is 11.9. The summed E-state index contributed by atoms with van der Waals surface area (Å²) in [7, 11) is 2.05. The molecule has 1 saturated heterocycles. The molecule has 0 spiro atoms. The first-order valence-electron chi connectivity index (χ1n) is 5.52. The summed E-state index contributed by atoms with van der Waals surface area (Å²) in [4.78, 5) is 14.1. The number of nitrogens with zero attached hydrogens (tertiary/aromatic N) is 2. The third kappa shape index (κ3) is 3.08. The molecule has 1 aliphatic rings. The molecule has 1 aliphatic heterocycles. The minimum atomic E-state index is -0.0731. The van der Waals surface area contributed by atoms with E-state index in [1.165, 1.54) is 0 Å². The molecule has 94 valence electrons. The van der Waals surface area contributed by atoms with Gasteiger partial charge in [-0.3, -0.25) is 4.79 Å². The molecule has 0 saturated carbocycles. The topological polar surface area (TPSA) is 60.5 Å². The number of hydrogen-bond acceptors (Lipinski definition) is 4. The van der Waals surface area contributed by atoms with Gasteiger partial charge in [-0.05, 0) is 29.0 Å². The van der Waals surface area contributed by atoms with Crippen molar-refractivity contribution in [3.63, 3.8) is 0 Å². The van der Waals surface area contributed by atoms with Crippen molar-refractivity contribution in [1.29, 1.82) is 0 Å². The Morgan fingerprint density at radius 2 is 2.41 bits per heavy atom. The number of likely N-dealkylation sites (N-methyl/N-ethyl adjacent to an activating group) is 1. The van der Waals surface area contributed by atoms with E-state index < -0.39 is 0 Å². The van der Waals surface area contributed by atoms with Crippen LogP contribution in [-0.2, 0) is 11.3 Å². The van der Waals surface area contributed by atoms with Gasteiger partial charge in [0.1, 0.15) is 0 Å². The zero-order valence-electron chi connectivity index (χ0n) is 9.73. The molecule has 0 amide bonds. The van der Waals surface area contributed by atoms with Gasteiger partial charge in [0, 0.05) is 25.0 Å². The van der Waals surface area contributed by atoms with Gasteiger partial charge in [-0.25, -0.2) is 0 Å². The van der Waals surface area contributed by atoms with E-state index in [4.69, 9.17) is 10.5 Å². The molecule has 2 rings (SSSR count). The number of anilines is 1. The summed E-state index contributed by atoms with van der Waals surface area (Å²) in [5.74, 6) is 0. The van der Waals surface area contributed by atoms with Crippen LogP contribution < -0.4 is 11.3 Å². The van der Waals surface area contributed by atoms with E-state index >= 15 is 0 Å². The molecular formula is C11H16BrN3O2. The summed E-state index contributed by atoms with van der Waals surface area (Å²) in [6.45, 7) is 3.01. The Morgan fingerprint density at radius 3 is 3.12 bits per heavy atom. The minimum Gasteiger partial charge on any atom is -0.398 e. The summed E-state index contributed by atoms with van der Waals surface area (Å²) in [5.41, 5.74) is 6.22. The first-order valence-corrected chi connectivity index (χ1v) is 6.31. The molecule has 0 aliphatic carbocycles. The second-order valence-corrected chi connectivity index (χ2v) is 5.19. The molecule has 6 heteroatoms. The van der Waals surface area contributed by atoms with E-state index in [9.17, 15) is 4.79 Å². The fourth-order valence-electron chi connectivity index (χ4n) is 1.95. The van der Waals surface area contributed by atoms with Crippen molar-refractivity contribution in [1.82, 2.24) is 9.47 Å². The summed E-state index contributed by atoms with van der Waals surface area (Å²) in [5, 5.41) is 0. The summed E-state index contributed by atoms with van der Waals surface area (Å²) >= 11 is 3.21. The molecule has 1 aromatic heterocycles. The third-order valence-electron chi connectivity index (χ3n) is 2.81. The van der Waals surface area contributed by atoms with Crippen molar-refractivity contribution in [2.45, 2.75) is 12.6 Å². The summed E-state index contributed by atoms with van der Waals surface area (Å²) < 4.78 is 7.72. The highest BCUT2D eigenvalue weighted by atomic mass is 79.9. The van der Waals surface area contributed by atoms with Crippen LogP contribution in [0.4, 0.5) is 5.69 Å². The number of pyridine rings is 1. The van der Waals surface area contributed by atoms with Gasteiger partial charge >= 0.3 is 0 Å². The van der Waals surface area contributed by atoms with Gasteiger partial charge < -0.3 is 19.9 Å². The van der Waals surface area contributed by atoms with Crippen molar-refractivity contribution in [2.24, 2.45) is 0 Å². The second-order valence-electron chi connectivity index (χ2n) is 4.33. The molecule has 0 radical (unpaired) electrons. The molecule has 0 bridgehead atoms. The van der Waals surface area contributed by atoms with E-state index in [2.05, 4.69) is 20.8 Å². The van der Waals surface area contributed by atoms with Crippen LogP contribution in [0.5, 0.6) is 0 Å². The Hall–Kier alpha value is -0.850. The van der Waals surface area contributed by atoms with E-state index in [1.807, 2.05) is 7.05 Å². The van der Waals surface area contributed by atoms with Gasteiger partial charge in [-0.2, -0.15) is 0 Å². The number of aromatic nitrogens is 1. The molecule has 2 N–H and O–H groups in total. The molecule has 5 nitrogen and oxygen atoms in total. The predicted octanol–water partition coefficient (Wildman–Crippen LogP) is 0.524. The fraction of sp³-hybridized carbons (Fsp3) is 0.545. The van der Waals surface area contributed by atoms with Gasteiger partial charge in [-0.1, -0.05) is 0 Å². The lowest BCUT2D eigenvalue weighted by molar-refractivity contribution is -0.0279. The quantitative estimate of drug-likeness (QED) is 0.865. The Kier molecular flexibility index (Phi) is 3.86. The molecule has 1 atom stereocenters. The lowest BCUT2D eigenvalue weighted by Gasteiger charge is -2.30. The maximum Gasteiger partial charge on any atom is 0.265 e. The van der Waals surface area contributed by atoms with Gasteiger partial charge in [-0.15, -0.1) is 0 Å². The molecule has 1 fully saturated rings. The van der Waals surface area contributed by atoms with Crippen molar-refractivity contribution in [3.05, 3.63) is 27.1 Å². The van der Waals surface area contributed by atoms with Crippen LogP contribution in [0.1, 0.15) is 0 Å². The van der Waals surface area contributed by atoms with Crippen molar-refractivity contribution in [2.75, 3.05) is 32.5 Å². The summed E-state index contributed by atoms with van der Waals surface area (Å²) in [6.07, 6.45) is 1.70. The van der Waals surface area contributed by atoms with Crippen molar-refractivity contribution < 1.29 is 4.74 Å². The third-order valence-corrected chi connectivity index (χ3v) is 3.37. The van der Waals surface area contributed by atoms with E-state index in [0.29, 0.717) is 23.3 Å². The highest BCUT2D eigenvalue weighted by Crippen LogP contribution is 2.10. The number of morpholine rings is 1. The molecule has 1 unspecified atom stereocenters. The smallest absolute Gasteiger partial charge is 0.265 e. The summed E-state index contributed by atoms with van der Waals surface area (Å²) in [6, 6.07) is 1.62. The van der Waals surface area contributed by atoms with Gasteiger partial charge in [0.05, 0.1) is 23.7 Å². The lowest BCUT2D eigenvalue weighted by Crippen LogP contribution is -2.43. The SMILES string of the molecule is CN1CCOC(Cn2cc(N)cc(Br)c2=O)C1. The van der Waals surface area contributed by atoms with Crippen LogP contribution in [0.3, 0.4) is 0 Å². The van der Waals surface area contributed by atoms with Gasteiger partial charge in [0.2, 0.25) is 0 Å². The zero-order valence-corrected chi connectivity index (χ0v) is 11.3. The first kappa shape index (κ1) is 12.6. The molecule has 0 aromatic carbocycles. The van der Waals surface area contributed by atoms with E-state index in [1.54, 1.807) is 16.8 Å². The highest BCUT2D eigenvalue weighted by molar-refractivity contribution is 9.10. The maximum atomic E-state index is 11.9.